The highest BCUT2D eigenvalue weighted by Gasteiger charge is 2.28. The van der Waals surface area contributed by atoms with Crippen molar-refractivity contribution in [3.8, 4) is 0 Å². The molecule has 1 saturated heterocycles. The van der Waals surface area contributed by atoms with Gasteiger partial charge in [-0.1, -0.05) is 20.8 Å². The maximum atomic E-state index is 13.1. The first kappa shape index (κ1) is 16.2. The summed E-state index contributed by atoms with van der Waals surface area (Å²) in [6, 6.07) is 3.45. The molecular weight excluding hydrogens is 289 g/mol. The van der Waals surface area contributed by atoms with Crippen molar-refractivity contribution in [1.82, 2.24) is 15.6 Å². The van der Waals surface area contributed by atoms with Gasteiger partial charge in [0.25, 0.3) is 0 Å². The van der Waals surface area contributed by atoms with Gasteiger partial charge in [0.05, 0.1) is 11.1 Å². The Kier molecular flexibility index (Phi) is 5.22. The lowest BCUT2D eigenvalue weighted by atomic mass is 10.2. The fraction of sp³-hybridized carbons (Fsp3) is 0.600. The predicted octanol–water partition coefficient (Wildman–Crippen LogP) is 2.29. The second-order valence-corrected chi connectivity index (χ2v) is 8.08. The number of hydrogen-bond donors (Lipinski definition) is 2. The number of aromatic nitrogens is 1. The second-order valence-electron chi connectivity index (χ2n) is 6.23. The summed E-state index contributed by atoms with van der Waals surface area (Å²) in [7, 11) is 0. The lowest BCUT2D eigenvalue weighted by Crippen LogP contribution is -2.40. The van der Waals surface area contributed by atoms with Gasteiger partial charge in [-0.15, -0.1) is 11.8 Å². The Bertz CT molecular complexity index is 504. The second kappa shape index (κ2) is 6.75. The monoisotopic (exact) mass is 311 g/mol. The summed E-state index contributed by atoms with van der Waals surface area (Å²) in [6.07, 6.45) is 1.09. The molecule has 0 saturated carbocycles. The smallest absolute Gasteiger partial charge is 0.237 e. The molecule has 1 aliphatic rings. The molecule has 0 bridgehead atoms. The summed E-state index contributed by atoms with van der Waals surface area (Å²) in [4.78, 5) is 16.2. The van der Waals surface area contributed by atoms with Gasteiger partial charge in [-0.2, -0.15) is 0 Å². The van der Waals surface area contributed by atoms with Gasteiger partial charge < -0.3 is 10.6 Å². The van der Waals surface area contributed by atoms with Crippen molar-refractivity contribution in [1.29, 1.82) is 0 Å². The summed E-state index contributed by atoms with van der Waals surface area (Å²) in [5, 5.41) is 6.67. The van der Waals surface area contributed by atoms with Crippen molar-refractivity contribution in [2.45, 2.75) is 55.7 Å². The van der Waals surface area contributed by atoms with Crippen LogP contribution in [0, 0.1) is 0 Å². The number of halogens is 1. The Morgan fingerprint density at radius 2 is 2.33 bits per heavy atom. The highest BCUT2D eigenvalue weighted by molar-refractivity contribution is 8.00. The molecular formula is C15H22FN3OS. The first-order chi connectivity index (χ1) is 9.83. The van der Waals surface area contributed by atoms with Crippen LogP contribution in [-0.4, -0.2) is 34.4 Å². The molecule has 0 aromatic carbocycles. The Morgan fingerprint density at radius 3 is 2.95 bits per heavy atom. The van der Waals surface area contributed by atoms with Gasteiger partial charge in [-0.05, 0) is 17.7 Å². The van der Waals surface area contributed by atoms with Crippen LogP contribution >= 0.6 is 11.8 Å². The van der Waals surface area contributed by atoms with E-state index < -0.39 is 12.2 Å². The van der Waals surface area contributed by atoms with Gasteiger partial charge in [0.1, 0.15) is 6.17 Å². The van der Waals surface area contributed by atoms with E-state index in [4.69, 9.17) is 0 Å². The lowest BCUT2D eigenvalue weighted by Gasteiger charge is -2.17. The quantitative estimate of drug-likeness (QED) is 0.838. The van der Waals surface area contributed by atoms with Gasteiger partial charge in [-0.3, -0.25) is 4.79 Å². The highest BCUT2D eigenvalue weighted by atomic mass is 32.2. The number of thioether (sulfide) groups is 1. The molecule has 1 amide bonds. The molecule has 1 aliphatic heterocycles. The van der Waals surface area contributed by atoms with Crippen LogP contribution < -0.4 is 10.6 Å². The van der Waals surface area contributed by atoms with E-state index in [2.05, 4.69) is 36.4 Å². The first-order valence-corrected chi connectivity index (χ1v) is 7.94. The zero-order valence-corrected chi connectivity index (χ0v) is 13.5. The molecule has 1 aromatic heterocycles. The van der Waals surface area contributed by atoms with Gasteiger partial charge >= 0.3 is 0 Å². The van der Waals surface area contributed by atoms with Crippen LogP contribution in [-0.2, 0) is 11.3 Å². The normalized spacial score (nSPS) is 22.3. The maximum Gasteiger partial charge on any atom is 0.237 e. The number of amides is 1. The van der Waals surface area contributed by atoms with Crippen molar-refractivity contribution in [3.05, 3.63) is 23.9 Å². The number of hydrogen-bond acceptors (Lipinski definition) is 4. The zero-order valence-electron chi connectivity index (χ0n) is 12.6. The number of pyridine rings is 1. The van der Waals surface area contributed by atoms with Gasteiger partial charge in [0.15, 0.2) is 0 Å². The Hall–Kier alpha value is -1.14. The fourth-order valence-corrected chi connectivity index (χ4v) is 3.09. The molecule has 0 radical (unpaired) electrons. The average molecular weight is 311 g/mol. The van der Waals surface area contributed by atoms with Gasteiger partial charge in [0, 0.05) is 30.5 Å². The summed E-state index contributed by atoms with van der Waals surface area (Å²) in [5.41, 5.74) is 1.000. The molecule has 2 heterocycles. The SMILES string of the molecule is CC(C)(C)Sc1cc(CNC(=O)[C@H]2C[C@H](F)CN2)ccn1. The molecule has 1 aromatic rings. The van der Waals surface area contributed by atoms with Crippen LogP contribution in [0.1, 0.15) is 32.8 Å². The molecule has 116 valence electrons. The summed E-state index contributed by atoms with van der Waals surface area (Å²) < 4.78 is 13.2. The third-order valence-electron chi connectivity index (χ3n) is 3.07. The topological polar surface area (TPSA) is 54.0 Å². The van der Waals surface area contributed by atoms with E-state index in [0.29, 0.717) is 6.54 Å². The molecule has 1 fully saturated rings. The Morgan fingerprint density at radius 1 is 1.57 bits per heavy atom. The number of carbonyl (C=O) groups is 1. The van der Waals surface area contributed by atoms with E-state index in [1.807, 2.05) is 12.1 Å². The number of alkyl halides is 1. The van der Waals surface area contributed by atoms with Crippen molar-refractivity contribution >= 4 is 17.7 Å². The van der Waals surface area contributed by atoms with Crippen molar-refractivity contribution in [2.24, 2.45) is 0 Å². The molecule has 6 heteroatoms. The van der Waals surface area contributed by atoms with E-state index in [0.717, 1.165) is 10.6 Å². The molecule has 2 atom stereocenters. The van der Waals surface area contributed by atoms with Crippen molar-refractivity contribution in [2.75, 3.05) is 6.54 Å². The molecule has 2 rings (SSSR count). The minimum absolute atomic E-state index is 0.0960. The first-order valence-electron chi connectivity index (χ1n) is 7.12. The van der Waals surface area contributed by atoms with Crippen LogP contribution in [0.15, 0.2) is 23.4 Å². The predicted molar refractivity (Wildman–Crippen MR) is 83.0 cm³/mol. The van der Waals surface area contributed by atoms with Crippen LogP contribution in [0.2, 0.25) is 0 Å². The number of rotatable bonds is 4. The molecule has 21 heavy (non-hydrogen) atoms. The van der Waals surface area contributed by atoms with Crippen LogP contribution in [0.5, 0.6) is 0 Å². The molecule has 0 aliphatic carbocycles. The number of carbonyl (C=O) groups excluding carboxylic acids is 1. The zero-order chi connectivity index (χ0) is 15.5. The van der Waals surface area contributed by atoms with Crippen LogP contribution in [0.4, 0.5) is 4.39 Å². The van der Waals surface area contributed by atoms with Crippen molar-refractivity contribution in [3.63, 3.8) is 0 Å². The van der Waals surface area contributed by atoms with E-state index in [1.165, 1.54) is 0 Å². The molecule has 0 spiro atoms. The van der Waals surface area contributed by atoms with Gasteiger partial charge in [0.2, 0.25) is 5.91 Å². The summed E-state index contributed by atoms with van der Waals surface area (Å²) in [6.45, 7) is 7.10. The average Bonchev–Trinajstić information content (AvgIpc) is 2.81. The molecule has 4 nitrogen and oxygen atoms in total. The van der Waals surface area contributed by atoms with Crippen molar-refractivity contribution < 1.29 is 9.18 Å². The van der Waals surface area contributed by atoms with E-state index in [-0.39, 0.29) is 23.6 Å². The largest absolute Gasteiger partial charge is 0.351 e. The molecule has 2 N–H and O–H groups in total. The Labute approximate surface area is 129 Å². The maximum absolute atomic E-state index is 13.1. The van der Waals surface area contributed by atoms with Crippen LogP contribution in [0.3, 0.4) is 0 Å². The summed E-state index contributed by atoms with van der Waals surface area (Å²) >= 11 is 1.69. The fourth-order valence-electron chi connectivity index (χ4n) is 2.13. The highest BCUT2D eigenvalue weighted by Crippen LogP contribution is 2.30. The third-order valence-corrected chi connectivity index (χ3v) is 4.12. The molecule has 0 unspecified atom stereocenters. The van der Waals surface area contributed by atoms with E-state index >= 15 is 0 Å². The standard InChI is InChI=1S/C15H22FN3OS/c1-15(2,3)21-13-6-10(4-5-17-13)8-19-14(20)12-7-11(16)9-18-12/h4-6,11-12,18H,7-9H2,1-3H3,(H,19,20)/t11-,12+/m0/s1. The van der Waals surface area contributed by atoms with E-state index in [1.54, 1.807) is 18.0 Å². The third kappa shape index (κ3) is 5.28. The minimum Gasteiger partial charge on any atom is -0.351 e. The van der Waals surface area contributed by atoms with Gasteiger partial charge in [-0.25, -0.2) is 9.37 Å². The van der Waals surface area contributed by atoms with Crippen LogP contribution in [0.25, 0.3) is 0 Å². The Balaban J connectivity index is 1.88. The minimum atomic E-state index is -0.920. The number of nitrogens with zero attached hydrogens (tertiary/aromatic N) is 1. The number of nitrogens with one attached hydrogen (secondary N) is 2. The lowest BCUT2D eigenvalue weighted by molar-refractivity contribution is -0.123. The summed E-state index contributed by atoms with van der Waals surface area (Å²) in [5.74, 6) is -0.142. The van der Waals surface area contributed by atoms with E-state index in [9.17, 15) is 9.18 Å².